The highest BCUT2D eigenvalue weighted by atomic mass is 19.2. The second-order valence-corrected chi connectivity index (χ2v) is 6.29. The largest absolute Gasteiger partial charge is 0.507 e. The molecule has 0 amide bonds. The van der Waals surface area contributed by atoms with Gasteiger partial charge < -0.3 is 19.5 Å². The van der Waals surface area contributed by atoms with Crippen LogP contribution in [-0.4, -0.2) is 35.1 Å². The van der Waals surface area contributed by atoms with Crippen molar-refractivity contribution in [1.82, 2.24) is 0 Å². The molecule has 0 unspecified atom stereocenters. The first-order valence-corrected chi connectivity index (χ1v) is 6.92. The maximum absolute atomic E-state index is 13.3. The number of aromatic hydroxyl groups is 1. The summed E-state index contributed by atoms with van der Waals surface area (Å²) in [6.07, 6.45) is 1.33. The van der Waals surface area contributed by atoms with Crippen molar-refractivity contribution >= 4 is 13.2 Å². The summed E-state index contributed by atoms with van der Waals surface area (Å²) in [7, 11) is -0.831. The fourth-order valence-corrected chi connectivity index (χ4v) is 2.05. The van der Waals surface area contributed by atoms with E-state index in [1.165, 1.54) is 6.08 Å². The molecule has 0 spiro atoms. The first kappa shape index (κ1) is 16.9. The normalized spacial score (nSPS) is 20.5. The molecule has 1 aromatic rings. The zero-order valence-electron chi connectivity index (χ0n) is 13.0. The quantitative estimate of drug-likeness (QED) is 0.843. The van der Waals surface area contributed by atoms with Gasteiger partial charge in [0, 0.05) is 11.6 Å². The molecule has 0 aromatic heterocycles. The van der Waals surface area contributed by atoms with Crippen molar-refractivity contribution in [3.8, 4) is 5.75 Å². The van der Waals surface area contributed by atoms with Crippen molar-refractivity contribution in [2.75, 3.05) is 6.61 Å². The Labute approximate surface area is 128 Å². The highest BCUT2D eigenvalue weighted by Crippen LogP contribution is 2.39. The number of phenolic OH excluding ortho intramolecular Hbond substituents is 1. The summed E-state index contributed by atoms with van der Waals surface area (Å²) in [4.78, 5) is 0. The molecule has 1 aromatic carbocycles. The molecule has 0 bridgehead atoms. The number of hydrogen-bond acceptors (Lipinski definition) is 4. The van der Waals surface area contributed by atoms with Crippen LogP contribution < -0.4 is 0 Å². The molecule has 1 heterocycles. The molecule has 4 nitrogen and oxygen atoms in total. The van der Waals surface area contributed by atoms with Crippen molar-refractivity contribution in [2.24, 2.45) is 0 Å². The van der Waals surface area contributed by atoms with Crippen molar-refractivity contribution in [3.63, 3.8) is 0 Å². The van der Waals surface area contributed by atoms with Crippen molar-refractivity contribution in [1.29, 1.82) is 0 Å². The van der Waals surface area contributed by atoms with Gasteiger partial charge in [0.15, 0.2) is 11.6 Å². The molecule has 1 aliphatic rings. The minimum atomic E-state index is -1.14. The maximum Gasteiger partial charge on any atom is 0.492 e. The summed E-state index contributed by atoms with van der Waals surface area (Å²) in [5, 5.41) is 19.2. The van der Waals surface area contributed by atoms with E-state index >= 15 is 0 Å². The van der Waals surface area contributed by atoms with Crippen LogP contribution >= 0.6 is 0 Å². The number of benzene rings is 1. The first-order chi connectivity index (χ1) is 10.1. The number of hydrogen-bond donors (Lipinski definition) is 2. The Kier molecular flexibility index (Phi) is 4.34. The third-order valence-electron chi connectivity index (χ3n) is 4.15. The van der Waals surface area contributed by atoms with Gasteiger partial charge in [-0.3, -0.25) is 0 Å². The van der Waals surface area contributed by atoms with Crippen molar-refractivity contribution in [2.45, 2.75) is 38.9 Å². The van der Waals surface area contributed by atoms with Gasteiger partial charge in [0.2, 0.25) is 0 Å². The molecular weight excluding hydrogens is 293 g/mol. The van der Waals surface area contributed by atoms with E-state index in [0.29, 0.717) is 11.5 Å². The maximum atomic E-state index is 13.3. The molecule has 2 N–H and O–H groups in total. The lowest BCUT2D eigenvalue weighted by Gasteiger charge is -2.32. The third kappa shape index (κ3) is 3.02. The predicted octanol–water partition coefficient (Wildman–Crippen LogP) is 2.68. The van der Waals surface area contributed by atoms with Gasteiger partial charge in [-0.25, -0.2) is 8.78 Å². The van der Waals surface area contributed by atoms with E-state index in [-0.39, 0.29) is 5.56 Å². The molecule has 120 valence electrons. The summed E-state index contributed by atoms with van der Waals surface area (Å²) in [5.74, 6) is -2.66. The van der Waals surface area contributed by atoms with Gasteiger partial charge in [0.1, 0.15) is 5.75 Å². The average molecular weight is 312 g/mol. The number of phenols is 1. The molecule has 0 radical (unpaired) electrons. The monoisotopic (exact) mass is 312 g/mol. The minimum Gasteiger partial charge on any atom is -0.507 e. The van der Waals surface area contributed by atoms with Crippen LogP contribution in [0.15, 0.2) is 17.6 Å². The highest BCUT2D eigenvalue weighted by Gasteiger charge is 2.52. The number of aliphatic hydroxyl groups is 1. The van der Waals surface area contributed by atoms with Crippen molar-refractivity contribution < 1.29 is 28.3 Å². The Morgan fingerprint density at radius 3 is 2.14 bits per heavy atom. The summed E-state index contributed by atoms with van der Waals surface area (Å²) in [6, 6.07) is 1.53. The number of halogens is 2. The minimum absolute atomic E-state index is 0.0395. The van der Waals surface area contributed by atoms with Crippen LogP contribution in [0.4, 0.5) is 8.78 Å². The average Bonchev–Trinajstić information content (AvgIpc) is 2.61. The van der Waals surface area contributed by atoms with Gasteiger partial charge in [-0.15, -0.1) is 0 Å². The lowest BCUT2D eigenvalue weighted by atomic mass is 9.77. The SMILES string of the molecule is CC1(C)OB(C(=Cc2cc(F)c(F)cc2O)CO)OC1(C)C. The molecule has 0 saturated carbocycles. The summed E-state index contributed by atoms with van der Waals surface area (Å²) in [6.45, 7) is 7.03. The lowest BCUT2D eigenvalue weighted by Crippen LogP contribution is -2.41. The molecule has 1 fully saturated rings. The van der Waals surface area contributed by atoms with E-state index in [9.17, 15) is 19.0 Å². The molecule has 1 saturated heterocycles. The summed E-state index contributed by atoms with van der Waals surface area (Å²) in [5.41, 5.74) is -0.845. The van der Waals surface area contributed by atoms with Gasteiger partial charge in [-0.1, -0.05) is 6.08 Å². The molecule has 0 aliphatic carbocycles. The van der Waals surface area contributed by atoms with Crippen LogP contribution in [0.1, 0.15) is 33.3 Å². The van der Waals surface area contributed by atoms with E-state index in [1.54, 1.807) is 0 Å². The van der Waals surface area contributed by atoms with E-state index in [2.05, 4.69) is 0 Å². The fourth-order valence-electron chi connectivity index (χ4n) is 2.05. The Bertz CT molecular complexity index is 598. The van der Waals surface area contributed by atoms with Crippen LogP contribution in [0.3, 0.4) is 0 Å². The molecule has 2 rings (SSSR count). The van der Waals surface area contributed by atoms with E-state index < -0.39 is 42.3 Å². The van der Waals surface area contributed by atoms with Gasteiger partial charge in [-0.05, 0) is 39.2 Å². The third-order valence-corrected chi connectivity index (χ3v) is 4.15. The summed E-state index contributed by atoms with van der Waals surface area (Å²) < 4.78 is 37.9. The lowest BCUT2D eigenvalue weighted by molar-refractivity contribution is 0.00578. The Hall–Kier alpha value is -1.44. The molecule has 22 heavy (non-hydrogen) atoms. The molecule has 1 aliphatic heterocycles. The zero-order valence-corrected chi connectivity index (χ0v) is 13.0. The summed E-state index contributed by atoms with van der Waals surface area (Å²) >= 11 is 0. The van der Waals surface area contributed by atoms with Crippen LogP contribution in [0.25, 0.3) is 6.08 Å². The second kappa shape index (κ2) is 5.64. The van der Waals surface area contributed by atoms with Gasteiger partial charge >= 0.3 is 7.12 Å². The topological polar surface area (TPSA) is 58.9 Å². The van der Waals surface area contributed by atoms with Crippen LogP contribution in [-0.2, 0) is 9.31 Å². The Balaban J connectivity index is 2.36. The molecular formula is C15H19BF2O4. The zero-order chi connectivity index (χ0) is 16.7. The standard InChI is InChI=1S/C15H19BF2O4/c1-14(2)15(3,4)22-16(21-14)10(8-19)5-9-6-11(17)12(18)7-13(9)20/h5-7,19-20H,8H2,1-4H3. The Morgan fingerprint density at radius 1 is 1.14 bits per heavy atom. The van der Waals surface area contributed by atoms with Gasteiger partial charge in [0.25, 0.3) is 0 Å². The van der Waals surface area contributed by atoms with Crippen molar-refractivity contribution in [3.05, 3.63) is 34.8 Å². The van der Waals surface area contributed by atoms with E-state index in [0.717, 1.165) is 6.07 Å². The van der Waals surface area contributed by atoms with Crippen LogP contribution in [0.2, 0.25) is 0 Å². The van der Waals surface area contributed by atoms with Crippen LogP contribution in [0, 0.1) is 11.6 Å². The van der Waals surface area contributed by atoms with Gasteiger partial charge in [0.05, 0.1) is 17.8 Å². The molecule has 0 atom stereocenters. The Morgan fingerprint density at radius 2 is 1.64 bits per heavy atom. The van der Waals surface area contributed by atoms with E-state index in [1.807, 2.05) is 27.7 Å². The predicted molar refractivity (Wildman–Crippen MR) is 79.2 cm³/mol. The second-order valence-electron chi connectivity index (χ2n) is 6.29. The fraction of sp³-hybridized carbons (Fsp3) is 0.467. The van der Waals surface area contributed by atoms with Gasteiger partial charge in [-0.2, -0.15) is 0 Å². The number of rotatable bonds is 3. The van der Waals surface area contributed by atoms with Crippen LogP contribution in [0.5, 0.6) is 5.75 Å². The number of aliphatic hydroxyl groups excluding tert-OH is 1. The highest BCUT2D eigenvalue weighted by molar-refractivity contribution is 6.55. The molecule has 7 heteroatoms. The first-order valence-electron chi connectivity index (χ1n) is 6.92. The van der Waals surface area contributed by atoms with E-state index in [4.69, 9.17) is 9.31 Å². The smallest absolute Gasteiger partial charge is 0.492 e.